The first-order valence-electron chi connectivity index (χ1n) is 20.2. The number of carbonyl (C=O) groups excluding carboxylic acids is 3. The minimum atomic E-state index is -4.13. The average Bonchev–Trinajstić information content (AvgIpc) is 3.80. The first kappa shape index (κ1) is 48.1. The molecule has 6 N–H and O–H groups in total. The average molecular weight is 916 g/mol. The molecule has 0 saturated heterocycles. The molecule has 15 nitrogen and oxygen atoms in total. The van der Waals surface area contributed by atoms with E-state index in [2.05, 4.69) is 30.1 Å². The molecule has 0 unspecified atom stereocenters. The molecule has 0 aliphatic carbocycles. The Morgan fingerprint density at radius 1 is 0.778 bits per heavy atom. The first-order chi connectivity index (χ1) is 30.1. The Morgan fingerprint density at radius 2 is 1.37 bits per heavy atom. The summed E-state index contributed by atoms with van der Waals surface area (Å²) < 4.78 is 64.0. The van der Waals surface area contributed by atoms with Gasteiger partial charge in [0.15, 0.2) is 5.01 Å². The molecule has 3 atom stereocenters. The lowest BCUT2D eigenvalue weighted by atomic mass is 10.0. The number of aryl methyl sites for hydroxylation is 2. The Labute approximate surface area is 373 Å². The number of thiazole rings is 1. The van der Waals surface area contributed by atoms with Crippen LogP contribution in [0, 0.1) is 20.8 Å². The number of nitrogens with one attached hydrogen (secondary N) is 4. The Bertz CT molecular complexity index is 2580. The van der Waals surface area contributed by atoms with Crippen molar-refractivity contribution < 1.29 is 36.0 Å². The monoisotopic (exact) mass is 915 g/mol. The largest absolute Gasteiger partial charge is 0.496 e. The van der Waals surface area contributed by atoms with Crippen LogP contribution in [0.3, 0.4) is 0 Å². The number of hydrogen-bond donors (Lipinski definition) is 5. The fourth-order valence-corrected chi connectivity index (χ4v) is 10.4. The van der Waals surface area contributed by atoms with Crippen molar-refractivity contribution in [3.63, 3.8) is 0 Å². The summed E-state index contributed by atoms with van der Waals surface area (Å²) in [5.41, 5.74) is 9.79. The SMILES string of the molecule is COc1cc(C)c(S(=O)(=O)NC(N)=NCCC[C@H](NC(=O)[C@H](CCc2ccccc2)NC(=O)[C@@H](Cc2ccccc2)NS(=O)(=O)Cc2ccccc2)C(=O)c2nccs2)c(C)c1C. The number of carbonyl (C=O) groups is 3. The lowest BCUT2D eigenvalue weighted by Gasteiger charge is -2.25. The Hall–Kier alpha value is -5.95. The van der Waals surface area contributed by atoms with Crippen molar-refractivity contribution in [1.29, 1.82) is 0 Å². The number of aliphatic imine (C=N–C) groups is 1. The van der Waals surface area contributed by atoms with Gasteiger partial charge in [-0.1, -0.05) is 91.0 Å². The molecule has 0 radical (unpaired) electrons. The number of amides is 2. The Kier molecular flexibility index (Phi) is 17.1. The molecule has 0 fully saturated rings. The number of nitrogens with two attached hydrogens (primary N) is 1. The van der Waals surface area contributed by atoms with Crippen molar-refractivity contribution in [2.75, 3.05) is 13.7 Å². The molecule has 2 amide bonds. The number of methoxy groups -OCH3 is 1. The molecule has 63 heavy (non-hydrogen) atoms. The maximum Gasteiger partial charge on any atom is 0.264 e. The first-order valence-corrected chi connectivity index (χ1v) is 24.2. The predicted molar refractivity (Wildman–Crippen MR) is 244 cm³/mol. The zero-order valence-corrected chi connectivity index (χ0v) is 38.0. The molecule has 1 heterocycles. The Morgan fingerprint density at radius 3 is 1.97 bits per heavy atom. The van der Waals surface area contributed by atoms with Crippen LogP contribution in [0.4, 0.5) is 0 Å². The summed E-state index contributed by atoms with van der Waals surface area (Å²) in [5, 5.41) is 7.39. The van der Waals surface area contributed by atoms with Gasteiger partial charge in [-0.2, -0.15) is 0 Å². The number of nitrogens with zero attached hydrogens (tertiary/aromatic N) is 2. The van der Waals surface area contributed by atoms with Gasteiger partial charge in [0.1, 0.15) is 17.8 Å². The summed E-state index contributed by atoms with van der Waals surface area (Å²) >= 11 is 1.10. The standard InChI is InChI=1S/C45H53N7O8S3/c1-30-27-39(60-4)31(2)32(3)41(30)63(58,59)52-45(46)48-24-14-21-36(40(53)44-47-25-26-61-44)49-42(54)37(23-22-33-15-8-5-9-16-33)50-43(55)38(28-34-17-10-6-11-18-34)51-62(56,57)29-35-19-12-7-13-20-35/h5-13,15-20,25-27,36-38,51H,14,21-24,28-29H2,1-4H3,(H,49,54)(H,50,55)(H3,46,48,52)/t36-,37-,38+/m0/s1. The molecule has 0 saturated carbocycles. The van der Waals surface area contributed by atoms with Crippen molar-refractivity contribution in [2.45, 2.75) is 81.6 Å². The van der Waals surface area contributed by atoms with E-state index in [1.165, 1.54) is 13.3 Å². The molecule has 1 aromatic heterocycles. The van der Waals surface area contributed by atoms with Crippen molar-refractivity contribution in [3.05, 3.63) is 147 Å². The minimum absolute atomic E-state index is 0.00235. The zero-order chi connectivity index (χ0) is 45.6. The van der Waals surface area contributed by atoms with Gasteiger partial charge < -0.3 is 21.1 Å². The van der Waals surface area contributed by atoms with Crippen LogP contribution < -0.4 is 30.5 Å². The van der Waals surface area contributed by atoms with Gasteiger partial charge in [0, 0.05) is 18.1 Å². The third kappa shape index (κ3) is 14.0. The van der Waals surface area contributed by atoms with E-state index in [9.17, 15) is 31.2 Å². The number of aromatic nitrogens is 1. The highest BCUT2D eigenvalue weighted by atomic mass is 32.2. The summed E-state index contributed by atoms with van der Waals surface area (Å²) in [6.07, 6.45) is 2.19. The van der Waals surface area contributed by atoms with Crippen molar-refractivity contribution in [1.82, 2.24) is 25.1 Å². The van der Waals surface area contributed by atoms with Crippen LogP contribution in [0.2, 0.25) is 0 Å². The van der Waals surface area contributed by atoms with E-state index in [0.717, 1.165) is 16.9 Å². The van der Waals surface area contributed by atoms with Gasteiger partial charge in [-0.25, -0.2) is 31.3 Å². The lowest BCUT2D eigenvalue weighted by molar-refractivity contribution is -0.130. The number of Topliss-reactive ketones (excluding diaryl/α,β-unsaturated/α-hetero) is 1. The van der Waals surface area contributed by atoms with Gasteiger partial charge in [0.25, 0.3) is 10.0 Å². The van der Waals surface area contributed by atoms with Crippen LogP contribution in [0.5, 0.6) is 5.75 Å². The van der Waals surface area contributed by atoms with E-state index in [-0.39, 0.29) is 53.8 Å². The molecule has 0 aliphatic rings. The highest BCUT2D eigenvalue weighted by molar-refractivity contribution is 7.90. The molecule has 0 aliphatic heterocycles. The fourth-order valence-electron chi connectivity index (χ4n) is 6.98. The molecule has 334 valence electrons. The molecule has 0 bridgehead atoms. The molecule has 5 aromatic rings. The summed E-state index contributed by atoms with van der Waals surface area (Å²) in [5.74, 6) is -2.04. The van der Waals surface area contributed by atoms with Crippen molar-refractivity contribution >= 4 is 54.9 Å². The van der Waals surface area contributed by atoms with Gasteiger partial charge in [-0.15, -0.1) is 11.3 Å². The summed E-state index contributed by atoms with van der Waals surface area (Å²) in [6.45, 7) is 5.08. The highest BCUT2D eigenvalue weighted by Gasteiger charge is 2.32. The number of ether oxygens (including phenoxy) is 1. The number of benzene rings is 4. The molecule has 18 heteroatoms. The second-order valence-corrected chi connectivity index (χ2v) is 19.2. The van der Waals surface area contributed by atoms with Gasteiger partial charge in [0.05, 0.1) is 23.8 Å². The van der Waals surface area contributed by atoms with Gasteiger partial charge >= 0.3 is 0 Å². The molecule has 4 aromatic carbocycles. The van der Waals surface area contributed by atoms with E-state index in [1.807, 2.05) is 30.3 Å². The molecular formula is C45H53N7O8S3. The van der Waals surface area contributed by atoms with E-state index in [1.54, 1.807) is 92.9 Å². The Balaban J connectivity index is 1.34. The zero-order valence-electron chi connectivity index (χ0n) is 35.5. The van der Waals surface area contributed by atoms with E-state index >= 15 is 0 Å². The third-order valence-corrected chi connectivity index (χ3v) is 14.0. The van der Waals surface area contributed by atoms with Gasteiger partial charge in [-0.05, 0) is 92.3 Å². The van der Waals surface area contributed by atoms with Crippen LogP contribution in [-0.2, 0) is 48.2 Å². The van der Waals surface area contributed by atoms with Gasteiger partial charge in [-0.3, -0.25) is 19.4 Å². The van der Waals surface area contributed by atoms with Crippen LogP contribution in [0.25, 0.3) is 0 Å². The highest BCUT2D eigenvalue weighted by Crippen LogP contribution is 2.30. The lowest BCUT2D eigenvalue weighted by Crippen LogP contribution is -2.56. The van der Waals surface area contributed by atoms with E-state index in [0.29, 0.717) is 40.0 Å². The number of guanidine groups is 1. The summed E-state index contributed by atoms with van der Waals surface area (Å²) in [4.78, 5) is 50.7. The fraction of sp³-hybridized carbons (Fsp3) is 0.311. The van der Waals surface area contributed by atoms with Gasteiger partial charge in [0.2, 0.25) is 33.6 Å². The summed E-state index contributed by atoms with van der Waals surface area (Å²) in [7, 11) is -6.66. The second-order valence-electron chi connectivity index (χ2n) is 14.9. The van der Waals surface area contributed by atoms with Crippen LogP contribution in [-0.4, -0.2) is 77.2 Å². The third-order valence-electron chi connectivity index (χ3n) is 10.2. The van der Waals surface area contributed by atoms with Crippen LogP contribution in [0.15, 0.2) is 119 Å². The normalized spacial score (nSPS) is 13.4. The number of hydrogen-bond acceptors (Lipinski definition) is 11. The predicted octanol–water partition coefficient (Wildman–Crippen LogP) is 4.67. The van der Waals surface area contributed by atoms with Crippen molar-refractivity contribution in [2.24, 2.45) is 10.7 Å². The quantitative estimate of drug-likeness (QED) is 0.0279. The topological polar surface area (TPSA) is 228 Å². The molecular weight excluding hydrogens is 863 g/mol. The number of sulfonamides is 2. The van der Waals surface area contributed by atoms with Crippen LogP contribution in [0.1, 0.15) is 62.4 Å². The van der Waals surface area contributed by atoms with Crippen LogP contribution >= 0.6 is 11.3 Å². The van der Waals surface area contributed by atoms with E-state index < -0.39 is 55.8 Å². The minimum Gasteiger partial charge on any atom is -0.496 e. The number of rotatable bonds is 22. The molecule has 0 spiro atoms. The molecule has 5 rings (SSSR count). The number of ketones is 1. The second kappa shape index (κ2) is 22.4. The maximum absolute atomic E-state index is 14.3. The summed E-state index contributed by atoms with van der Waals surface area (Å²) in [6, 6.07) is 24.8. The maximum atomic E-state index is 14.3. The van der Waals surface area contributed by atoms with E-state index in [4.69, 9.17) is 10.5 Å². The van der Waals surface area contributed by atoms with Crippen molar-refractivity contribution in [3.8, 4) is 5.75 Å². The smallest absolute Gasteiger partial charge is 0.264 e.